The van der Waals surface area contributed by atoms with Crippen LogP contribution in [0.4, 0.5) is 22.0 Å². The van der Waals surface area contributed by atoms with Gasteiger partial charge in [0.1, 0.15) is 17.9 Å². The van der Waals surface area contributed by atoms with E-state index in [0.717, 1.165) is 52.8 Å². The maximum atomic E-state index is 12.8. The van der Waals surface area contributed by atoms with Gasteiger partial charge in [-0.15, -0.1) is 0 Å². The molecule has 40 heavy (non-hydrogen) atoms. The number of hydrogen-bond acceptors (Lipinski definition) is 7. The van der Waals surface area contributed by atoms with E-state index in [2.05, 4.69) is 61.5 Å². The lowest BCUT2D eigenvalue weighted by atomic mass is 10.0. The van der Waals surface area contributed by atoms with Gasteiger partial charge in [0.15, 0.2) is 5.82 Å². The first-order valence-electron chi connectivity index (χ1n) is 13.6. The van der Waals surface area contributed by atoms with Gasteiger partial charge in [-0.1, -0.05) is 43.3 Å². The van der Waals surface area contributed by atoms with Crippen molar-refractivity contribution < 1.29 is 9.53 Å². The van der Waals surface area contributed by atoms with Crippen LogP contribution in [0.15, 0.2) is 78.9 Å². The molecule has 0 radical (unpaired) electrons. The first kappa shape index (κ1) is 25.6. The minimum atomic E-state index is -0.488. The molecule has 4 heterocycles. The van der Waals surface area contributed by atoms with Crippen LogP contribution in [-0.2, 0) is 17.7 Å². The van der Waals surface area contributed by atoms with Gasteiger partial charge in [0.05, 0.1) is 30.1 Å². The van der Waals surface area contributed by atoms with Gasteiger partial charge in [0.2, 0.25) is 0 Å². The highest BCUT2D eigenvalue weighted by Gasteiger charge is 2.20. The maximum absolute atomic E-state index is 12.8. The molecule has 0 saturated heterocycles. The van der Waals surface area contributed by atoms with Crippen molar-refractivity contribution in [3.63, 3.8) is 0 Å². The number of nitrogens with one attached hydrogen (secondary N) is 3. The largest absolute Gasteiger partial charge is 0.442 e. The molecular weight excluding hydrogens is 504 g/mol. The molecule has 1 aliphatic rings. The van der Waals surface area contributed by atoms with E-state index in [-0.39, 0.29) is 6.10 Å². The summed E-state index contributed by atoms with van der Waals surface area (Å²) < 4.78 is 9.41. The highest BCUT2D eigenvalue weighted by atomic mass is 16.6. The first-order chi connectivity index (χ1) is 19.6. The Balaban J connectivity index is 1.22. The summed E-state index contributed by atoms with van der Waals surface area (Å²) in [6.45, 7) is 6.34. The molecule has 1 unspecified atom stereocenters. The van der Waals surface area contributed by atoms with Crippen LogP contribution in [-0.4, -0.2) is 49.7 Å². The summed E-state index contributed by atoms with van der Waals surface area (Å²) in [4.78, 5) is 17.3. The van der Waals surface area contributed by atoms with Gasteiger partial charge in [-0.05, 0) is 55.6 Å². The Labute approximate surface area is 232 Å². The zero-order valence-corrected chi connectivity index (χ0v) is 22.6. The number of carbonyl (C=O) groups excluding carboxylic acids is 1. The Morgan fingerprint density at radius 1 is 1.18 bits per heavy atom. The minimum absolute atomic E-state index is 0.284. The Bertz CT molecular complexity index is 1690. The number of hydrogen-bond donors (Lipinski definition) is 3. The molecule has 0 spiro atoms. The topological polar surface area (TPSA) is 110 Å². The van der Waals surface area contributed by atoms with Crippen LogP contribution in [0.5, 0.6) is 0 Å². The SMILES string of the molecule is CCc1c(NC(=O)OC(C)C2=CCNCC2)cn2ncnc(Nc3ccc4c(cnn4Cc4ccccc4)c3)c12. The molecule has 0 saturated carbocycles. The molecule has 0 fully saturated rings. The molecule has 5 aromatic rings. The fourth-order valence-corrected chi connectivity index (χ4v) is 5.20. The molecule has 1 amide bonds. The van der Waals surface area contributed by atoms with Crippen LogP contribution in [0.2, 0.25) is 0 Å². The number of ether oxygens (including phenoxy) is 1. The van der Waals surface area contributed by atoms with Gasteiger partial charge >= 0.3 is 6.09 Å². The second-order valence-electron chi connectivity index (χ2n) is 9.87. The van der Waals surface area contributed by atoms with Crippen LogP contribution >= 0.6 is 0 Å². The average molecular weight is 537 g/mol. The highest BCUT2D eigenvalue weighted by Crippen LogP contribution is 2.31. The van der Waals surface area contributed by atoms with E-state index in [1.807, 2.05) is 49.0 Å². The van der Waals surface area contributed by atoms with Gasteiger partial charge in [-0.3, -0.25) is 10.00 Å². The molecule has 3 N–H and O–H groups in total. The number of fused-ring (bicyclic) bond motifs is 2. The third kappa shape index (κ3) is 5.26. The third-order valence-corrected chi connectivity index (χ3v) is 7.25. The lowest BCUT2D eigenvalue weighted by molar-refractivity contribution is 0.134. The smallest absolute Gasteiger partial charge is 0.412 e. The average Bonchev–Trinajstić information content (AvgIpc) is 3.54. The second kappa shape index (κ2) is 11.2. The van der Waals surface area contributed by atoms with Gasteiger partial charge in [-0.25, -0.2) is 14.3 Å². The molecule has 1 atom stereocenters. The van der Waals surface area contributed by atoms with Crippen molar-refractivity contribution in [2.75, 3.05) is 23.7 Å². The standard InChI is InChI=1S/C30H32N8O2/c1-3-25-26(36-30(39)40-20(2)22-11-13-31-14-12-22)18-38-28(25)29(32-19-34-38)35-24-9-10-27-23(15-24)16-33-37(27)17-21-7-5-4-6-8-21/h4-11,15-16,18-20,31H,3,12-14,17H2,1-2H3,(H,36,39)(H,32,34,35). The van der Waals surface area contributed by atoms with E-state index < -0.39 is 6.09 Å². The molecule has 2 aromatic carbocycles. The summed E-state index contributed by atoms with van der Waals surface area (Å²) >= 11 is 0. The molecule has 10 nitrogen and oxygen atoms in total. The number of carbonyl (C=O) groups is 1. The van der Waals surface area contributed by atoms with E-state index >= 15 is 0 Å². The zero-order valence-electron chi connectivity index (χ0n) is 22.6. The van der Waals surface area contributed by atoms with E-state index in [9.17, 15) is 4.79 Å². The van der Waals surface area contributed by atoms with Crippen LogP contribution in [0.25, 0.3) is 16.4 Å². The quantitative estimate of drug-likeness (QED) is 0.231. The van der Waals surface area contributed by atoms with Crippen molar-refractivity contribution in [1.29, 1.82) is 0 Å². The summed E-state index contributed by atoms with van der Waals surface area (Å²) in [5.74, 6) is 0.650. The second-order valence-corrected chi connectivity index (χ2v) is 9.87. The molecule has 0 aliphatic carbocycles. The summed E-state index contributed by atoms with van der Waals surface area (Å²) in [5, 5.41) is 19.7. The molecule has 1 aliphatic heterocycles. The molecular formula is C30H32N8O2. The number of anilines is 3. The monoisotopic (exact) mass is 536 g/mol. The number of benzene rings is 2. The molecule has 204 valence electrons. The predicted molar refractivity (Wildman–Crippen MR) is 156 cm³/mol. The summed E-state index contributed by atoms with van der Waals surface area (Å²) in [7, 11) is 0. The molecule has 0 bridgehead atoms. The minimum Gasteiger partial charge on any atom is -0.442 e. The maximum Gasteiger partial charge on any atom is 0.412 e. The number of aromatic nitrogens is 5. The zero-order chi connectivity index (χ0) is 27.5. The van der Waals surface area contributed by atoms with Crippen molar-refractivity contribution in [2.24, 2.45) is 0 Å². The van der Waals surface area contributed by atoms with Crippen molar-refractivity contribution in [3.05, 3.63) is 90.0 Å². The van der Waals surface area contributed by atoms with Crippen LogP contribution in [0, 0.1) is 0 Å². The van der Waals surface area contributed by atoms with E-state index in [1.165, 1.54) is 11.9 Å². The molecule has 10 heteroatoms. The Hall–Kier alpha value is -4.70. The van der Waals surface area contributed by atoms with Crippen molar-refractivity contribution in [3.8, 4) is 0 Å². The van der Waals surface area contributed by atoms with Gasteiger partial charge in [-0.2, -0.15) is 10.2 Å². The van der Waals surface area contributed by atoms with Gasteiger partial charge in [0, 0.05) is 23.2 Å². The number of amides is 1. The summed E-state index contributed by atoms with van der Waals surface area (Å²) in [5.41, 5.74) is 6.64. The van der Waals surface area contributed by atoms with Crippen molar-refractivity contribution in [1.82, 2.24) is 29.7 Å². The van der Waals surface area contributed by atoms with Gasteiger partial charge < -0.3 is 15.4 Å². The Morgan fingerprint density at radius 3 is 2.85 bits per heavy atom. The van der Waals surface area contributed by atoms with Crippen molar-refractivity contribution >= 4 is 39.7 Å². The normalized spacial score (nSPS) is 14.2. The fourth-order valence-electron chi connectivity index (χ4n) is 5.20. The third-order valence-electron chi connectivity index (χ3n) is 7.25. The van der Waals surface area contributed by atoms with Crippen LogP contribution in [0.1, 0.15) is 31.4 Å². The van der Waals surface area contributed by atoms with Crippen molar-refractivity contribution in [2.45, 2.75) is 39.3 Å². The van der Waals surface area contributed by atoms with Crippen LogP contribution < -0.4 is 16.0 Å². The number of nitrogens with zero attached hydrogens (tertiary/aromatic N) is 5. The lowest BCUT2D eigenvalue weighted by Gasteiger charge is -2.20. The van der Waals surface area contributed by atoms with E-state index in [0.29, 0.717) is 24.5 Å². The lowest BCUT2D eigenvalue weighted by Crippen LogP contribution is -2.28. The Kier molecular flexibility index (Phi) is 7.15. The molecule has 6 rings (SSSR count). The molecule has 3 aromatic heterocycles. The predicted octanol–water partition coefficient (Wildman–Crippen LogP) is 5.29. The van der Waals surface area contributed by atoms with E-state index in [1.54, 1.807) is 10.7 Å². The fraction of sp³-hybridized carbons (Fsp3) is 0.267. The Morgan fingerprint density at radius 2 is 2.05 bits per heavy atom. The summed E-state index contributed by atoms with van der Waals surface area (Å²) in [6.07, 6.45) is 8.03. The number of aryl methyl sites for hydroxylation is 1. The summed E-state index contributed by atoms with van der Waals surface area (Å²) in [6, 6.07) is 16.4. The highest BCUT2D eigenvalue weighted by molar-refractivity contribution is 5.91. The first-order valence-corrected chi connectivity index (χ1v) is 13.6. The van der Waals surface area contributed by atoms with E-state index in [4.69, 9.17) is 4.74 Å². The van der Waals surface area contributed by atoms with Gasteiger partial charge in [0.25, 0.3) is 0 Å². The van der Waals surface area contributed by atoms with Crippen LogP contribution in [0.3, 0.4) is 0 Å². The number of rotatable bonds is 8.